The first-order valence-electron chi connectivity index (χ1n) is 5.85. The largest absolute Gasteiger partial charge is 0.279 e. The third-order valence-corrected chi connectivity index (χ3v) is 5.13. The van der Waals surface area contributed by atoms with Gasteiger partial charge in [0.2, 0.25) is 0 Å². The maximum atomic E-state index is 12.4. The second-order valence-corrected chi connectivity index (χ2v) is 6.92. The Kier molecular flexibility index (Phi) is 4.28. The molecule has 0 saturated heterocycles. The maximum Gasteiger partial charge on any atom is 0.263 e. The summed E-state index contributed by atoms with van der Waals surface area (Å²) in [4.78, 5) is 0.0179. The van der Waals surface area contributed by atoms with E-state index in [2.05, 4.69) is 4.72 Å². The summed E-state index contributed by atoms with van der Waals surface area (Å²) in [6, 6.07) is 10.0. The van der Waals surface area contributed by atoms with Gasteiger partial charge in [0, 0.05) is 5.02 Å². The second kappa shape index (κ2) is 5.64. The van der Waals surface area contributed by atoms with E-state index in [0.29, 0.717) is 16.3 Å². The van der Waals surface area contributed by atoms with Gasteiger partial charge in [0.25, 0.3) is 10.0 Å². The monoisotopic (exact) mass is 329 g/mol. The molecule has 0 aliphatic rings. The molecule has 0 unspecified atom stereocenters. The highest BCUT2D eigenvalue weighted by Crippen LogP contribution is 2.29. The summed E-state index contributed by atoms with van der Waals surface area (Å²) >= 11 is 11.9. The smallest absolute Gasteiger partial charge is 0.263 e. The van der Waals surface area contributed by atoms with Gasteiger partial charge >= 0.3 is 0 Å². The molecule has 0 aliphatic carbocycles. The van der Waals surface area contributed by atoms with Gasteiger partial charge in [-0.2, -0.15) is 0 Å². The van der Waals surface area contributed by atoms with Crippen LogP contribution < -0.4 is 4.72 Å². The molecule has 0 saturated carbocycles. The van der Waals surface area contributed by atoms with Crippen LogP contribution in [0.5, 0.6) is 0 Å². The first kappa shape index (κ1) is 15.2. The molecule has 0 spiro atoms. The summed E-state index contributed by atoms with van der Waals surface area (Å²) < 4.78 is 27.3. The van der Waals surface area contributed by atoms with Crippen molar-refractivity contribution in [2.45, 2.75) is 18.7 Å². The van der Waals surface area contributed by atoms with Crippen molar-refractivity contribution in [2.24, 2.45) is 0 Å². The highest BCUT2D eigenvalue weighted by molar-refractivity contribution is 7.92. The fourth-order valence-corrected chi connectivity index (χ4v) is 3.69. The summed E-state index contributed by atoms with van der Waals surface area (Å²) in [5.41, 5.74) is 2.01. The Morgan fingerprint density at radius 2 is 1.60 bits per heavy atom. The van der Waals surface area contributed by atoms with Crippen LogP contribution in [-0.2, 0) is 10.0 Å². The zero-order chi connectivity index (χ0) is 14.9. The quantitative estimate of drug-likeness (QED) is 0.906. The van der Waals surface area contributed by atoms with Crippen molar-refractivity contribution in [3.05, 3.63) is 57.6 Å². The molecule has 0 bridgehead atoms. The number of benzene rings is 2. The molecule has 0 radical (unpaired) electrons. The molecule has 2 rings (SSSR count). The predicted octanol–water partition coefficient (Wildman–Crippen LogP) is 4.41. The van der Waals surface area contributed by atoms with Crippen LogP contribution in [0, 0.1) is 13.8 Å². The zero-order valence-corrected chi connectivity index (χ0v) is 13.3. The number of nitrogens with one attached hydrogen (secondary N) is 1. The van der Waals surface area contributed by atoms with Crippen molar-refractivity contribution in [1.29, 1.82) is 0 Å². The topological polar surface area (TPSA) is 46.2 Å². The van der Waals surface area contributed by atoms with E-state index in [9.17, 15) is 8.42 Å². The van der Waals surface area contributed by atoms with Crippen LogP contribution in [0.2, 0.25) is 10.0 Å². The molecule has 2 aromatic rings. The second-order valence-electron chi connectivity index (χ2n) is 4.45. The Morgan fingerprint density at radius 3 is 2.25 bits per heavy atom. The van der Waals surface area contributed by atoms with Crippen LogP contribution >= 0.6 is 23.2 Å². The first-order valence-corrected chi connectivity index (χ1v) is 8.09. The van der Waals surface area contributed by atoms with Crippen LogP contribution in [0.25, 0.3) is 0 Å². The van der Waals surface area contributed by atoms with Crippen LogP contribution in [0.3, 0.4) is 0 Å². The Labute approximate surface area is 128 Å². The van der Waals surface area contributed by atoms with E-state index in [4.69, 9.17) is 23.2 Å². The highest BCUT2D eigenvalue weighted by atomic mass is 35.5. The van der Waals surface area contributed by atoms with Crippen molar-refractivity contribution in [3.63, 3.8) is 0 Å². The van der Waals surface area contributed by atoms with Crippen LogP contribution in [0.4, 0.5) is 5.69 Å². The molecule has 0 fully saturated rings. The van der Waals surface area contributed by atoms with E-state index < -0.39 is 10.0 Å². The molecule has 0 atom stereocenters. The summed E-state index contributed by atoms with van der Waals surface area (Å²) in [6.45, 7) is 3.55. The molecule has 0 aromatic heterocycles. The minimum Gasteiger partial charge on any atom is -0.279 e. The van der Waals surface area contributed by atoms with Crippen molar-refractivity contribution in [3.8, 4) is 0 Å². The third kappa shape index (κ3) is 3.08. The van der Waals surface area contributed by atoms with E-state index in [1.807, 2.05) is 19.1 Å². The third-order valence-electron chi connectivity index (χ3n) is 2.89. The average molecular weight is 330 g/mol. The number of hydrogen-bond donors (Lipinski definition) is 1. The molecule has 0 aliphatic heterocycles. The van der Waals surface area contributed by atoms with Gasteiger partial charge in [0.1, 0.15) is 4.90 Å². The normalized spacial score (nSPS) is 11.4. The van der Waals surface area contributed by atoms with Crippen LogP contribution in [0.15, 0.2) is 41.3 Å². The minimum atomic E-state index is -3.75. The van der Waals surface area contributed by atoms with E-state index in [1.54, 1.807) is 19.1 Å². The molecular formula is C14H13Cl2NO2S. The fourth-order valence-electron chi connectivity index (χ4n) is 1.72. The lowest BCUT2D eigenvalue weighted by Crippen LogP contribution is -2.14. The van der Waals surface area contributed by atoms with Crippen LogP contribution in [0.1, 0.15) is 11.1 Å². The van der Waals surface area contributed by atoms with Crippen molar-refractivity contribution in [2.75, 3.05) is 4.72 Å². The molecular weight excluding hydrogens is 317 g/mol. The van der Waals surface area contributed by atoms with E-state index in [-0.39, 0.29) is 9.92 Å². The summed E-state index contributed by atoms with van der Waals surface area (Å²) in [5, 5.41) is 0.534. The highest BCUT2D eigenvalue weighted by Gasteiger charge is 2.20. The van der Waals surface area contributed by atoms with Gasteiger partial charge in [-0.25, -0.2) is 8.42 Å². The minimum absolute atomic E-state index is 0.0179. The summed E-state index contributed by atoms with van der Waals surface area (Å²) in [6.07, 6.45) is 0. The number of halogens is 2. The van der Waals surface area contributed by atoms with E-state index in [0.717, 1.165) is 5.56 Å². The van der Waals surface area contributed by atoms with E-state index in [1.165, 1.54) is 12.1 Å². The first-order chi connectivity index (χ1) is 9.31. The molecule has 6 heteroatoms. The number of anilines is 1. The lowest BCUT2D eigenvalue weighted by Gasteiger charge is -2.12. The van der Waals surface area contributed by atoms with Crippen LogP contribution in [-0.4, -0.2) is 8.42 Å². The fraction of sp³-hybridized carbons (Fsp3) is 0.143. The maximum absolute atomic E-state index is 12.4. The Hall–Kier alpha value is -1.23. The molecule has 20 heavy (non-hydrogen) atoms. The van der Waals surface area contributed by atoms with Crippen molar-refractivity contribution >= 4 is 38.9 Å². The summed E-state index contributed by atoms with van der Waals surface area (Å²) in [5.74, 6) is 0. The SMILES string of the molecule is Cc1cc(S(=O)(=O)Nc2ccccc2C)c(Cl)cc1Cl. The van der Waals surface area contributed by atoms with Gasteiger partial charge in [-0.05, 0) is 43.2 Å². The molecule has 0 amide bonds. The molecule has 106 valence electrons. The standard InChI is InChI=1S/C14H13Cl2NO2S/c1-9-5-3-4-6-13(9)17-20(18,19)14-7-10(2)11(15)8-12(14)16/h3-8,17H,1-2H3. The number of rotatable bonds is 3. The van der Waals surface area contributed by atoms with Gasteiger partial charge in [0.15, 0.2) is 0 Å². The Bertz CT molecular complexity index is 758. The molecule has 2 aromatic carbocycles. The van der Waals surface area contributed by atoms with Gasteiger partial charge < -0.3 is 0 Å². The van der Waals surface area contributed by atoms with Crippen molar-refractivity contribution in [1.82, 2.24) is 0 Å². The molecule has 3 nitrogen and oxygen atoms in total. The Balaban J connectivity index is 2.47. The lowest BCUT2D eigenvalue weighted by atomic mass is 10.2. The zero-order valence-electron chi connectivity index (χ0n) is 10.9. The Morgan fingerprint density at radius 1 is 0.950 bits per heavy atom. The predicted molar refractivity (Wildman–Crippen MR) is 83.2 cm³/mol. The average Bonchev–Trinajstić information content (AvgIpc) is 2.36. The van der Waals surface area contributed by atoms with Gasteiger partial charge in [-0.15, -0.1) is 0 Å². The van der Waals surface area contributed by atoms with Gasteiger partial charge in [0.05, 0.1) is 10.7 Å². The summed E-state index contributed by atoms with van der Waals surface area (Å²) in [7, 11) is -3.75. The molecule has 0 heterocycles. The van der Waals surface area contributed by atoms with Gasteiger partial charge in [-0.3, -0.25) is 4.72 Å². The van der Waals surface area contributed by atoms with Crippen molar-refractivity contribution < 1.29 is 8.42 Å². The lowest BCUT2D eigenvalue weighted by molar-refractivity contribution is 0.601. The number of sulfonamides is 1. The van der Waals surface area contributed by atoms with Gasteiger partial charge in [-0.1, -0.05) is 41.4 Å². The number of aryl methyl sites for hydroxylation is 2. The number of para-hydroxylation sites is 1. The molecule has 1 N–H and O–H groups in total. The van der Waals surface area contributed by atoms with E-state index >= 15 is 0 Å². The number of hydrogen-bond acceptors (Lipinski definition) is 2.